The van der Waals surface area contributed by atoms with E-state index in [9.17, 15) is 5.26 Å². The fourth-order valence-electron chi connectivity index (χ4n) is 2.02. The van der Waals surface area contributed by atoms with E-state index in [1.165, 1.54) is 0 Å². The summed E-state index contributed by atoms with van der Waals surface area (Å²) in [6, 6.07) is 7.30. The molecule has 0 bridgehead atoms. The zero-order valence-corrected chi connectivity index (χ0v) is 12.0. The summed E-state index contributed by atoms with van der Waals surface area (Å²) >= 11 is 0. The van der Waals surface area contributed by atoms with Crippen molar-refractivity contribution >= 4 is 0 Å². The van der Waals surface area contributed by atoms with Gasteiger partial charge in [0.15, 0.2) is 0 Å². The van der Waals surface area contributed by atoms with Crippen molar-refractivity contribution in [2.75, 3.05) is 27.3 Å². The molecule has 0 fully saturated rings. The lowest BCUT2D eigenvalue weighted by Gasteiger charge is -2.26. The Morgan fingerprint density at radius 1 is 1.25 bits per heavy atom. The lowest BCUT2D eigenvalue weighted by molar-refractivity contribution is 0.282. The van der Waals surface area contributed by atoms with Crippen LogP contribution in [0.5, 0.6) is 11.5 Å². The van der Waals surface area contributed by atoms with Gasteiger partial charge >= 0.3 is 0 Å². The van der Waals surface area contributed by atoms with Gasteiger partial charge in [-0.05, 0) is 18.2 Å². The van der Waals surface area contributed by atoms with Gasteiger partial charge < -0.3 is 9.47 Å². The lowest BCUT2D eigenvalue weighted by Crippen LogP contribution is -2.28. The predicted octanol–water partition coefficient (Wildman–Crippen LogP) is 2.94. The van der Waals surface area contributed by atoms with Gasteiger partial charge in [-0.3, -0.25) is 4.90 Å². The van der Waals surface area contributed by atoms with E-state index in [1.807, 2.05) is 17.0 Å². The molecular formula is C16H20N2O2. The molecule has 0 N–H and O–H groups in total. The number of methoxy groups -OCH3 is 2. The van der Waals surface area contributed by atoms with Crippen molar-refractivity contribution in [3.63, 3.8) is 0 Å². The summed E-state index contributed by atoms with van der Waals surface area (Å²) in [6.07, 6.45) is 3.53. The minimum absolute atomic E-state index is 0.448. The molecule has 0 saturated carbocycles. The van der Waals surface area contributed by atoms with Crippen LogP contribution in [0.2, 0.25) is 0 Å². The molecular weight excluding hydrogens is 252 g/mol. The van der Waals surface area contributed by atoms with Gasteiger partial charge in [-0.1, -0.05) is 12.2 Å². The first-order chi connectivity index (χ1) is 9.71. The highest BCUT2D eigenvalue weighted by molar-refractivity contribution is 5.44. The third-order valence-corrected chi connectivity index (χ3v) is 2.95. The molecule has 1 atom stereocenters. The largest absolute Gasteiger partial charge is 0.497 e. The van der Waals surface area contributed by atoms with Gasteiger partial charge in [-0.15, -0.1) is 13.2 Å². The van der Waals surface area contributed by atoms with Crippen molar-refractivity contribution in [1.29, 1.82) is 5.26 Å². The van der Waals surface area contributed by atoms with Crippen molar-refractivity contribution in [3.8, 4) is 17.6 Å². The first-order valence-electron chi connectivity index (χ1n) is 6.29. The summed E-state index contributed by atoms with van der Waals surface area (Å²) in [5.74, 6) is 1.36. The summed E-state index contributed by atoms with van der Waals surface area (Å²) < 4.78 is 10.6. The van der Waals surface area contributed by atoms with Gasteiger partial charge in [-0.25, -0.2) is 0 Å². The standard InChI is InChI=1S/C16H20N2O2/c1-5-9-18(10-6-2)15(12-17)14-11-13(19-3)7-8-16(14)20-4/h5-8,11,15H,1-2,9-10H2,3-4H3. The molecule has 1 unspecified atom stereocenters. The third kappa shape index (κ3) is 3.62. The molecule has 0 saturated heterocycles. The molecule has 0 aliphatic rings. The van der Waals surface area contributed by atoms with E-state index in [0.29, 0.717) is 24.6 Å². The molecule has 0 amide bonds. The number of hydrogen-bond donors (Lipinski definition) is 0. The Morgan fingerprint density at radius 3 is 2.35 bits per heavy atom. The summed E-state index contributed by atoms with van der Waals surface area (Å²) in [4.78, 5) is 1.96. The van der Waals surface area contributed by atoms with Crippen LogP contribution in [0.25, 0.3) is 0 Å². The second-order valence-corrected chi connectivity index (χ2v) is 4.17. The molecule has 20 heavy (non-hydrogen) atoms. The molecule has 1 aromatic carbocycles. The molecule has 0 radical (unpaired) electrons. The number of nitriles is 1. The molecule has 0 heterocycles. The maximum atomic E-state index is 9.53. The second kappa shape index (κ2) is 8.03. The van der Waals surface area contributed by atoms with Crippen LogP contribution >= 0.6 is 0 Å². The zero-order chi connectivity index (χ0) is 15.0. The molecule has 0 aliphatic heterocycles. The number of rotatable bonds is 8. The van der Waals surface area contributed by atoms with Gasteiger partial charge in [0.05, 0.1) is 20.3 Å². The van der Waals surface area contributed by atoms with Crippen LogP contribution in [0, 0.1) is 11.3 Å². The van der Waals surface area contributed by atoms with Crippen LogP contribution in [-0.2, 0) is 0 Å². The molecule has 4 heteroatoms. The monoisotopic (exact) mass is 272 g/mol. The predicted molar refractivity (Wildman–Crippen MR) is 79.9 cm³/mol. The quantitative estimate of drug-likeness (QED) is 0.683. The van der Waals surface area contributed by atoms with Crippen molar-refractivity contribution < 1.29 is 9.47 Å². The van der Waals surface area contributed by atoms with Crippen LogP contribution in [0.3, 0.4) is 0 Å². The van der Waals surface area contributed by atoms with E-state index < -0.39 is 6.04 Å². The Morgan fingerprint density at radius 2 is 1.90 bits per heavy atom. The number of benzene rings is 1. The summed E-state index contributed by atoms with van der Waals surface area (Å²) in [6.45, 7) is 8.63. The Kier molecular flexibility index (Phi) is 6.34. The summed E-state index contributed by atoms with van der Waals surface area (Å²) in [5, 5.41) is 9.53. The van der Waals surface area contributed by atoms with Crippen molar-refractivity contribution in [2.24, 2.45) is 0 Å². The van der Waals surface area contributed by atoms with Crippen molar-refractivity contribution in [2.45, 2.75) is 6.04 Å². The maximum Gasteiger partial charge on any atom is 0.128 e. The minimum Gasteiger partial charge on any atom is -0.497 e. The average molecular weight is 272 g/mol. The van der Waals surface area contributed by atoms with Crippen LogP contribution in [0.1, 0.15) is 11.6 Å². The molecule has 1 aromatic rings. The first-order valence-corrected chi connectivity index (χ1v) is 6.29. The Labute approximate surface area is 120 Å². The fraction of sp³-hybridized carbons (Fsp3) is 0.312. The molecule has 0 aromatic heterocycles. The molecule has 0 aliphatic carbocycles. The number of ether oxygens (including phenoxy) is 2. The number of nitrogens with zero attached hydrogens (tertiary/aromatic N) is 2. The van der Waals surface area contributed by atoms with E-state index in [0.717, 1.165) is 5.56 Å². The highest BCUT2D eigenvalue weighted by Crippen LogP contribution is 2.32. The highest BCUT2D eigenvalue weighted by atomic mass is 16.5. The Hall–Kier alpha value is -2.25. The van der Waals surface area contributed by atoms with Crippen LogP contribution in [0.15, 0.2) is 43.5 Å². The smallest absolute Gasteiger partial charge is 0.128 e. The van der Waals surface area contributed by atoms with Crippen LogP contribution in [-0.4, -0.2) is 32.2 Å². The van der Waals surface area contributed by atoms with E-state index in [4.69, 9.17) is 9.47 Å². The van der Waals surface area contributed by atoms with Crippen LogP contribution in [0.4, 0.5) is 0 Å². The van der Waals surface area contributed by atoms with E-state index >= 15 is 0 Å². The maximum absolute atomic E-state index is 9.53. The topological polar surface area (TPSA) is 45.5 Å². The highest BCUT2D eigenvalue weighted by Gasteiger charge is 2.22. The van der Waals surface area contributed by atoms with Gasteiger partial charge in [-0.2, -0.15) is 5.26 Å². The lowest BCUT2D eigenvalue weighted by atomic mass is 10.0. The van der Waals surface area contributed by atoms with E-state index in [-0.39, 0.29) is 0 Å². The number of hydrogen-bond acceptors (Lipinski definition) is 4. The van der Waals surface area contributed by atoms with Gasteiger partial charge in [0, 0.05) is 18.7 Å². The van der Waals surface area contributed by atoms with E-state index in [1.54, 1.807) is 32.4 Å². The van der Waals surface area contributed by atoms with Crippen molar-refractivity contribution in [3.05, 3.63) is 49.1 Å². The summed E-state index contributed by atoms with van der Waals surface area (Å²) in [5.41, 5.74) is 0.776. The van der Waals surface area contributed by atoms with Gasteiger partial charge in [0.1, 0.15) is 17.5 Å². The molecule has 1 rings (SSSR count). The van der Waals surface area contributed by atoms with Gasteiger partial charge in [0.25, 0.3) is 0 Å². The normalized spacial score (nSPS) is 11.5. The Balaban J connectivity index is 3.24. The van der Waals surface area contributed by atoms with E-state index in [2.05, 4.69) is 19.2 Å². The average Bonchev–Trinajstić information content (AvgIpc) is 2.48. The SMILES string of the molecule is C=CCN(CC=C)C(C#N)c1cc(OC)ccc1OC. The molecule has 4 nitrogen and oxygen atoms in total. The van der Waals surface area contributed by atoms with Crippen LogP contribution < -0.4 is 9.47 Å². The Bertz CT molecular complexity index is 496. The molecule has 106 valence electrons. The van der Waals surface area contributed by atoms with Crippen molar-refractivity contribution in [1.82, 2.24) is 4.90 Å². The minimum atomic E-state index is -0.448. The summed E-state index contributed by atoms with van der Waals surface area (Å²) in [7, 11) is 3.18. The fourth-order valence-corrected chi connectivity index (χ4v) is 2.02. The first kappa shape index (κ1) is 15.8. The molecule has 0 spiro atoms. The second-order valence-electron chi connectivity index (χ2n) is 4.17. The van der Waals surface area contributed by atoms with Gasteiger partial charge in [0.2, 0.25) is 0 Å². The third-order valence-electron chi connectivity index (χ3n) is 2.95. The zero-order valence-electron chi connectivity index (χ0n) is 12.0.